The molecule has 1 aromatic carbocycles. The molecule has 0 bridgehead atoms. The van der Waals surface area contributed by atoms with Crippen LogP contribution in [0.1, 0.15) is 54.3 Å². The third-order valence-corrected chi connectivity index (χ3v) is 7.93. The number of amides is 2. The standard InChI is InChI=1S/C30H34ClN5O4S/c1-20(35-29(38)22-11-13-33-27(16-22)32-12-3-15-36-14-2-4-28(36)37)5-9-24-18-34-30(41-24)40-26-10-8-23(17-25(26)31)39-19-21-6-7-21/h5,8-11,13,16-18,20-21H,2-4,6-7,12,14-15,19H2,1H3,(H,32,33)(H,35,38)/b9-5+/t20-/m0/s1. The van der Waals surface area contributed by atoms with Crippen LogP contribution in [0.2, 0.25) is 5.02 Å². The van der Waals surface area contributed by atoms with Crippen LogP contribution in [0.3, 0.4) is 0 Å². The summed E-state index contributed by atoms with van der Waals surface area (Å²) in [5.74, 6) is 2.59. The molecule has 2 fully saturated rings. The van der Waals surface area contributed by atoms with E-state index in [2.05, 4.69) is 20.6 Å². The fourth-order valence-corrected chi connectivity index (χ4v) is 5.21. The van der Waals surface area contributed by atoms with Crippen molar-refractivity contribution < 1.29 is 19.1 Å². The summed E-state index contributed by atoms with van der Waals surface area (Å²) in [5, 5.41) is 7.16. The van der Waals surface area contributed by atoms with Crippen molar-refractivity contribution in [3.63, 3.8) is 0 Å². The Hall–Kier alpha value is -3.63. The van der Waals surface area contributed by atoms with Crippen LogP contribution >= 0.6 is 22.9 Å². The molecule has 1 saturated carbocycles. The van der Waals surface area contributed by atoms with E-state index < -0.39 is 0 Å². The molecule has 0 radical (unpaired) electrons. The van der Waals surface area contributed by atoms with Gasteiger partial charge in [-0.2, -0.15) is 0 Å². The van der Waals surface area contributed by atoms with E-state index in [1.54, 1.807) is 36.7 Å². The summed E-state index contributed by atoms with van der Waals surface area (Å²) < 4.78 is 11.6. The summed E-state index contributed by atoms with van der Waals surface area (Å²) in [7, 11) is 0. The molecule has 2 amide bonds. The summed E-state index contributed by atoms with van der Waals surface area (Å²) in [4.78, 5) is 35.9. The third kappa shape index (κ3) is 8.68. The number of benzene rings is 1. The molecule has 1 saturated heterocycles. The minimum atomic E-state index is -0.214. The summed E-state index contributed by atoms with van der Waals surface area (Å²) in [6.07, 6.45) is 12.0. The number of hydrogen-bond acceptors (Lipinski definition) is 8. The van der Waals surface area contributed by atoms with Crippen molar-refractivity contribution in [2.24, 2.45) is 5.92 Å². The zero-order valence-corrected chi connectivity index (χ0v) is 24.5. The third-order valence-electron chi connectivity index (χ3n) is 6.80. The number of thiazole rings is 1. The van der Waals surface area contributed by atoms with Crippen LogP contribution in [-0.4, -0.2) is 59.0 Å². The van der Waals surface area contributed by atoms with Crippen molar-refractivity contribution >= 4 is 46.6 Å². The zero-order valence-electron chi connectivity index (χ0n) is 23.0. The molecule has 1 aliphatic heterocycles. The number of carbonyl (C=O) groups excluding carboxylic acids is 2. The largest absolute Gasteiger partial charge is 0.493 e. The van der Waals surface area contributed by atoms with Crippen LogP contribution in [0, 0.1) is 5.92 Å². The fourth-order valence-electron chi connectivity index (χ4n) is 4.31. The Labute approximate surface area is 248 Å². The lowest BCUT2D eigenvalue weighted by molar-refractivity contribution is -0.127. The maximum atomic E-state index is 12.8. The number of nitrogens with one attached hydrogen (secondary N) is 2. The minimum Gasteiger partial charge on any atom is -0.493 e. The van der Waals surface area contributed by atoms with Crippen LogP contribution in [0.4, 0.5) is 5.82 Å². The highest BCUT2D eigenvalue weighted by Crippen LogP contribution is 2.35. The first kappa shape index (κ1) is 28.9. The molecule has 41 heavy (non-hydrogen) atoms. The lowest BCUT2D eigenvalue weighted by Crippen LogP contribution is -2.31. The topological polar surface area (TPSA) is 106 Å². The van der Waals surface area contributed by atoms with Crippen molar-refractivity contribution in [1.29, 1.82) is 0 Å². The van der Waals surface area contributed by atoms with E-state index in [1.807, 2.05) is 30.0 Å². The number of ether oxygens (including phenoxy) is 2. The first-order chi connectivity index (χ1) is 19.9. The molecule has 9 nitrogen and oxygen atoms in total. The second kappa shape index (κ2) is 13.8. The van der Waals surface area contributed by atoms with Crippen LogP contribution in [0.15, 0.2) is 48.8 Å². The van der Waals surface area contributed by atoms with E-state index >= 15 is 0 Å². The van der Waals surface area contributed by atoms with Crippen LogP contribution in [0.25, 0.3) is 6.08 Å². The summed E-state index contributed by atoms with van der Waals surface area (Å²) in [6.45, 7) is 4.88. The molecule has 3 heterocycles. The predicted octanol–water partition coefficient (Wildman–Crippen LogP) is 6.03. The zero-order chi connectivity index (χ0) is 28.6. The molecule has 2 aliphatic rings. The van der Waals surface area contributed by atoms with Crippen LogP contribution < -0.4 is 20.1 Å². The summed E-state index contributed by atoms with van der Waals surface area (Å²) in [6, 6.07) is 8.60. The van der Waals surface area contributed by atoms with Gasteiger partial charge in [-0.15, -0.1) is 0 Å². The smallest absolute Gasteiger partial charge is 0.279 e. The molecule has 2 N–H and O–H groups in total. The van der Waals surface area contributed by atoms with Crippen molar-refractivity contribution in [2.75, 3.05) is 31.6 Å². The molecule has 11 heteroatoms. The molecule has 2 aromatic heterocycles. The first-order valence-corrected chi connectivity index (χ1v) is 15.1. The van der Waals surface area contributed by atoms with E-state index in [1.165, 1.54) is 24.2 Å². The van der Waals surface area contributed by atoms with Crippen molar-refractivity contribution in [3.05, 3.63) is 64.3 Å². The molecule has 0 spiro atoms. The minimum absolute atomic E-state index is 0.192. The molecular formula is C30H34ClN5O4S. The Morgan fingerprint density at radius 1 is 1.27 bits per heavy atom. The quantitative estimate of drug-likeness (QED) is 0.219. The monoisotopic (exact) mass is 595 g/mol. The average molecular weight is 596 g/mol. The number of anilines is 1. The number of hydrogen-bond donors (Lipinski definition) is 2. The highest BCUT2D eigenvalue weighted by Gasteiger charge is 2.22. The number of halogens is 1. The van der Waals surface area contributed by atoms with Gasteiger partial charge >= 0.3 is 0 Å². The number of likely N-dealkylation sites (tertiary alicyclic amines) is 1. The second-order valence-corrected chi connectivity index (χ2v) is 11.7. The van der Waals surface area contributed by atoms with Crippen molar-refractivity contribution in [1.82, 2.24) is 20.2 Å². The summed E-state index contributed by atoms with van der Waals surface area (Å²) >= 11 is 7.76. The number of carbonyl (C=O) groups is 2. The molecule has 216 valence electrons. The van der Waals surface area contributed by atoms with E-state index in [-0.39, 0.29) is 17.9 Å². The maximum Gasteiger partial charge on any atom is 0.279 e. The van der Waals surface area contributed by atoms with Gasteiger partial charge in [-0.3, -0.25) is 9.59 Å². The highest BCUT2D eigenvalue weighted by molar-refractivity contribution is 7.14. The molecule has 5 rings (SSSR count). The lowest BCUT2D eigenvalue weighted by Gasteiger charge is -2.15. The first-order valence-electron chi connectivity index (χ1n) is 14.0. The highest BCUT2D eigenvalue weighted by atomic mass is 35.5. The van der Waals surface area contributed by atoms with Gasteiger partial charge in [0.15, 0.2) is 0 Å². The van der Waals surface area contributed by atoms with Gasteiger partial charge < -0.3 is 25.0 Å². The molecular weight excluding hydrogens is 562 g/mol. The van der Waals surface area contributed by atoms with Gasteiger partial charge in [0.05, 0.1) is 16.5 Å². The Balaban J connectivity index is 1.06. The van der Waals surface area contributed by atoms with Crippen molar-refractivity contribution in [3.8, 4) is 16.7 Å². The molecule has 3 aromatic rings. The summed E-state index contributed by atoms with van der Waals surface area (Å²) in [5.41, 5.74) is 0.520. The average Bonchev–Trinajstić information content (AvgIpc) is 3.55. The van der Waals surface area contributed by atoms with Gasteiger partial charge in [0.2, 0.25) is 5.91 Å². The Morgan fingerprint density at radius 3 is 2.93 bits per heavy atom. The van der Waals surface area contributed by atoms with E-state index in [9.17, 15) is 9.59 Å². The van der Waals surface area contributed by atoms with Crippen LogP contribution in [-0.2, 0) is 4.79 Å². The van der Waals surface area contributed by atoms with Crippen LogP contribution in [0.5, 0.6) is 16.7 Å². The van der Waals surface area contributed by atoms with Gasteiger partial charge in [-0.05, 0) is 68.9 Å². The number of rotatable bonds is 14. The predicted molar refractivity (Wildman–Crippen MR) is 161 cm³/mol. The fraction of sp³-hybridized carbons (Fsp3) is 0.400. The number of aromatic nitrogens is 2. The molecule has 1 atom stereocenters. The Morgan fingerprint density at radius 2 is 2.15 bits per heavy atom. The lowest BCUT2D eigenvalue weighted by atomic mass is 10.2. The van der Waals surface area contributed by atoms with E-state index in [4.69, 9.17) is 21.1 Å². The van der Waals surface area contributed by atoms with Gasteiger partial charge in [0, 0.05) is 56.1 Å². The van der Waals surface area contributed by atoms with Gasteiger partial charge in [0.1, 0.15) is 17.3 Å². The van der Waals surface area contributed by atoms with Crippen molar-refractivity contribution in [2.45, 2.75) is 45.1 Å². The Bertz CT molecular complexity index is 1390. The van der Waals surface area contributed by atoms with Gasteiger partial charge in [-0.25, -0.2) is 9.97 Å². The maximum absolute atomic E-state index is 12.8. The number of pyridine rings is 1. The Kier molecular flexibility index (Phi) is 9.74. The van der Waals surface area contributed by atoms with Gasteiger partial charge in [-0.1, -0.05) is 29.0 Å². The number of nitrogens with zero attached hydrogens (tertiary/aromatic N) is 3. The normalized spacial score (nSPS) is 15.8. The second-order valence-electron chi connectivity index (χ2n) is 10.3. The molecule has 1 aliphatic carbocycles. The molecule has 0 unspecified atom stereocenters. The van der Waals surface area contributed by atoms with E-state index in [0.717, 1.165) is 43.2 Å². The SMILES string of the molecule is C[C@@H](/C=C/c1cnc(Oc2ccc(OCC3CC3)cc2Cl)s1)NC(=O)c1ccnc(NCCCN2CCCC2=O)c1. The van der Waals surface area contributed by atoms with E-state index in [0.29, 0.717) is 46.2 Å². The van der Waals surface area contributed by atoms with Gasteiger partial charge in [0.25, 0.3) is 11.1 Å².